The standard InChI is InChI=1S/C15H17NO4/c1-9-4-3-5-11(9)14(17)16-13-7-6-10(20-2)8-12(13)15(18)19/h6-8H,3-5H2,1-2H3,(H,16,17)(H,18,19). The van der Waals surface area contributed by atoms with Gasteiger partial charge in [-0.3, -0.25) is 4.79 Å². The Morgan fingerprint density at radius 1 is 1.30 bits per heavy atom. The van der Waals surface area contributed by atoms with Gasteiger partial charge in [-0.1, -0.05) is 5.57 Å². The predicted octanol–water partition coefficient (Wildman–Crippen LogP) is 2.83. The second-order valence-corrected chi connectivity index (χ2v) is 4.78. The number of methoxy groups -OCH3 is 1. The van der Waals surface area contributed by atoms with Crippen molar-refractivity contribution in [3.63, 3.8) is 0 Å². The summed E-state index contributed by atoms with van der Waals surface area (Å²) >= 11 is 0. The number of amides is 1. The quantitative estimate of drug-likeness (QED) is 0.886. The van der Waals surface area contributed by atoms with E-state index in [1.807, 2.05) is 6.92 Å². The fourth-order valence-corrected chi connectivity index (χ4v) is 2.34. The van der Waals surface area contributed by atoms with Crippen LogP contribution < -0.4 is 10.1 Å². The van der Waals surface area contributed by atoms with E-state index in [1.165, 1.54) is 13.2 Å². The Morgan fingerprint density at radius 3 is 2.60 bits per heavy atom. The summed E-state index contributed by atoms with van der Waals surface area (Å²) in [5, 5.41) is 11.9. The van der Waals surface area contributed by atoms with Crippen molar-refractivity contribution in [2.24, 2.45) is 0 Å². The summed E-state index contributed by atoms with van der Waals surface area (Å²) in [6.45, 7) is 1.94. The molecule has 0 saturated heterocycles. The number of nitrogens with one attached hydrogen (secondary N) is 1. The molecule has 1 aromatic rings. The van der Waals surface area contributed by atoms with E-state index in [1.54, 1.807) is 12.1 Å². The van der Waals surface area contributed by atoms with Gasteiger partial charge in [0.2, 0.25) is 0 Å². The zero-order chi connectivity index (χ0) is 14.7. The molecule has 0 radical (unpaired) electrons. The van der Waals surface area contributed by atoms with E-state index in [4.69, 9.17) is 4.74 Å². The maximum absolute atomic E-state index is 12.2. The number of hydrogen-bond donors (Lipinski definition) is 2. The lowest BCUT2D eigenvalue weighted by atomic mass is 10.1. The third-order valence-electron chi connectivity index (χ3n) is 3.47. The molecule has 5 nitrogen and oxygen atoms in total. The molecule has 0 spiro atoms. The Balaban J connectivity index is 2.27. The van der Waals surface area contributed by atoms with Gasteiger partial charge in [0.25, 0.3) is 5.91 Å². The van der Waals surface area contributed by atoms with Crippen molar-refractivity contribution < 1.29 is 19.4 Å². The van der Waals surface area contributed by atoms with Crippen molar-refractivity contribution in [2.75, 3.05) is 12.4 Å². The molecule has 0 fully saturated rings. The van der Waals surface area contributed by atoms with Crippen LogP contribution in [0.5, 0.6) is 5.75 Å². The lowest BCUT2D eigenvalue weighted by molar-refractivity contribution is -0.113. The molecule has 0 bridgehead atoms. The van der Waals surface area contributed by atoms with Gasteiger partial charge in [-0.15, -0.1) is 0 Å². The first-order chi connectivity index (χ1) is 9.52. The minimum Gasteiger partial charge on any atom is -0.497 e. The first-order valence-corrected chi connectivity index (χ1v) is 6.44. The molecule has 0 saturated carbocycles. The van der Waals surface area contributed by atoms with Crippen LogP contribution in [0.15, 0.2) is 29.3 Å². The Hall–Kier alpha value is -2.30. The first kappa shape index (κ1) is 14.1. The molecule has 0 unspecified atom stereocenters. The van der Waals surface area contributed by atoms with Crippen LogP contribution in [0.1, 0.15) is 36.5 Å². The van der Waals surface area contributed by atoms with Crippen LogP contribution in [0.2, 0.25) is 0 Å². The second-order valence-electron chi connectivity index (χ2n) is 4.78. The van der Waals surface area contributed by atoms with Crippen LogP contribution in [-0.2, 0) is 4.79 Å². The third kappa shape index (κ3) is 2.82. The number of aromatic carboxylic acids is 1. The van der Waals surface area contributed by atoms with Crippen LogP contribution in [-0.4, -0.2) is 24.1 Å². The number of carbonyl (C=O) groups excluding carboxylic acids is 1. The van der Waals surface area contributed by atoms with E-state index in [0.29, 0.717) is 5.75 Å². The number of ether oxygens (including phenoxy) is 1. The van der Waals surface area contributed by atoms with Crippen molar-refractivity contribution in [1.82, 2.24) is 0 Å². The molecule has 1 aliphatic rings. The number of carboxylic acids is 1. The van der Waals surface area contributed by atoms with Crippen LogP contribution in [0, 0.1) is 0 Å². The van der Waals surface area contributed by atoms with Gasteiger partial charge < -0.3 is 15.2 Å². The Bertz CT molecular complexity index is 590. The summed E-state index contributed by atoms with van der Waals surface area (Å²) < 4.78 is 5.00. The fourth-order valence-electron chi connectivity index (χ4n) is 2.34. The normalized spacial score (nSPS) is 14.3. The van der Waals surface area contributed by atoms with E-state index in [0.717, 1.165) is 30.4 Å². The molecule has 2 rings (SSSR count). The SMILES string of the molecule is COc1ccc(NC(=O)C2=C(C)CCC2)c(C(=O)O)c1. The first-order valence-electron chi connectivity index (χ1n) is 6.44. The molecule has 2 N–H and O–H groups in total. The highest BCUT2D eigenvalue weighted by Crippen LogP contribution is 2.28. The van der Waals surface area contributed by atoms with Gasteiger partial charge in [0.05, 0.1) is 18.4 Å². The van der Waals surface area contributed by atoms with E-state index in [2.05, 4.69) is 5.32 Å². The maximum Gasteiger partial charge on any atom is 0.337 e. The average molecular weight is 275 g/mol. The van der Waals surface area contributed by atoms with Gasteiger partial charge in [-0.05, 0) is 44.4 Å². The Kier molecular flexibility index (Phi) is 4.08. The molecule has 20 heavy (non-hydrogen) atoms. The van der Waals surface area contributed by atoms with Crippen LogP contribution in [0.25, 0.3) is 0 Å². The highest BCUT2D eigenvalue weighted by Gasteiger charge is 2.20. The molecule has 1 aliphatic carbocycles. The van der Waals surface area contributed by atoms with E-state index in [9.17, 15) is 14.7 Å². The molecular formula is C15H17NO4. The minimum atomic E-state index is -1.10. The zero-order valence-electron chi connectivity index (χ0n) is 11.5. The van der Waals surface area contributed by atoms with Crippen molar-refractivity contribution in [2.45, 2.75) is 26.2 Å². The summed E-state index contributed by atoms with van der Waals surface area (Å²) in [5.41, 5.74) is 2.15. The Labute approximate surface area is 117 Å². The number of carbonyl (C=O) groups is 2. The maximum atomic E-state index is 12.2. The highest BCUT2D eigenvalue weighted by molar-refractivity contribution is 6.08. The molecule has 106 valence electrons. The molecule has 0 aromatic heterocycles. The minimum absolute atomic E-state index is 0.0222. The van der Waals surface area contributed by atoms with Gasteiger partial charge in [0, 0.05) is 5.57 Å². The van der Waals surface area contributed by atoms with Crippen molar-refractivity contribution >= 4 is 17.6 Å². The smallest absolute Gasteiger partial charge is 0.337 e. The number of hydrogen-bond acceptors (Lipinski definition) is 3. The second kappa shape index (κ2) is 5.77. The fraction of sp³-hybridized carbons (Fsp3) is 0.333. The van der Waals surface area contributed by atoms with E-state index < -0.39 is 5.97 Å². The summed E-state index contributed by atoms with van der Waals surface area (Å²) in [6, 6.07) is 4.57. The summed E-state index contributed by atoms with van der Waals surface area (Å²) in [5.74, 6) is -0.874. The largest absolute Gasteiger partial charge is 0.497 e. The van der Waals surface area contributed by atoms with Gasteiger partial charge in [-0.25, -0.2) is 4.79 Å². The topological polar surface area (TPSA) is 75.6 Å². The van der Waals surface area contributed by atoms with Crippen LogP contribution >= 0.6 is 0 Å². The number of anilines is 1. The lowest BCUT2D eigenvalue weighted by Crippen LogP contribution is -2.16. The molecule has 5 heteroatoms. The van der Waals surface area contributed by atoms with Gasteiger partial charge in [-0.2, -0.15) is 0 Å². The third-order valence-corrected chi connectivity index (χ3v) is 3.47. The molecular weight excluding hydrogens is 258 g/mol. The number of allylic oxidation sites excluding steroid dienone is 1. The summed E-state index contributed by atoms with van der Waals surface area (Å²) in [7, 11) is 1.46. The number of benzene rings is 1. The number of rotatable bonds is 4. The molecule has 0 aliphatic heterocycles. The summed E-state index contributed by atoms with van der Waals surface area (Å²) in [4.78, 5) is 23.4. The van der Waals surface area contributed by atoms with Gasteiger partial charge >= 0.3 is 5.97 Å². The van der Waals surface area contributed by atoms with Crippen LogP contribution in [0.4, 0.5) is 5.69 Å². The van der Waals surface area contributed by atoms with Gasteiger partial charge in [0.15, 0.2) is 0 Å². The molecule has 1 amide bonds. The zero-order valence-corrected chi connectivity index (χ0v) is 11.5. The number of carboxylic acid groups (broad SMARTS) is 1. The molecule has 1 aromatic carbocycles. The van der Waals surface area contributed by atoms with Crippen LogP contribution in [0.3, 0.4) is 0 Å². The summed E-state index contributed by atoms with van der Waals surface area (Å²) in [6.07, 6.45) is 2.65. The predicted molar refractivity (Wildman–Crippen MR) is 75.1 cm³/mol. The highest BCUT2D eigenvalue weighted by atomic mass is 16.5. The monoisotopic (exact) mass is 275 g/mol. The van der Waals surface area contributed by atoms with Crippen molar-refractivity contribution in [3.05, 3.63) is 34.9 Å². The average Bonchev–Trinajstić information content (AvgIpc) is 2.85. The lowest BCUT2D eigenvalue weighted by Gasteiger charge is -2.11. The van der Waals surface area contributed by atoms with Crippen molar-refractivity contribution in [1.29, 1.82) is 0 Å². The van der Waals surface area contributed by atoms with Gasteiger partial charge in [0.1, 0.15) is 5.75 Å². The van der Waals surface area contributed by atoms with E-state index >= 15 is 0 Å². The Morgan fingerprint density at radius 2 is 2.05 bits per heavy atom. The van der Waals surface area contributed by atoms with Crippen molar-refractivity contribution in [3.8, 4) is 5.75 Å². The molecule has 0 heterocycles. The molecule has 0 atom stereocenters. The van der Waals surface area contributed by atoms with E-state index in [-0.39, 0.29) is 17.2 Å².